The van der Waals surface area contributed by atoms with Gasteiger partial charge >= 0.3 is 0 Å². The van der Waals surface area contributed by atoms with Gasteiger partial charge in [-0.3, -0.25) is 4.79 Å². The lowest BCUT2D eigenvalue weighted by atomic mass is 10.2. The van der Waals surface area contributed by atoms with Crippen LogP contribution in [0.25, 0.3) is 0 Å². The predicted octanol–water partition coefficient (Wildman–Crippen LogP) is 2.61. The van der Waals surface area contributed by atoms with E-state index < -0.39 is 0 Å². The summed E-state index contributed by atoms with van der Waals surface area (Å²) in [6, 6.07) is 11.5. The Kier molecular flexibility index (Phi) is 4.90. The Morgan fingerprint density at radius 2 is 2.05 bits per heavy atom. The number of carbonyl (C=O) groups excluding carboxylic acids is 1. The molecule has 1 amide bonds. The number of benzene rings is 2. The van der Waals surface area contributed by atoms with Crippen molar-refractivity contribution >= 4 is 11.6 Å². The van der Waals surface area contributed by atoms with Crippen LogP contribution in [0.15, 0.2) is 42.5 Å². The Hall–Kier alpha value is -2.40. The number of nitrogens with two attached hydrogens (primary N) is 1. The molecule has 0 aromatic heterocycles. The Labute approximate surface area is 122 Å². The first-order valence-corrected chi connectivity index (χ1v) is 6.57. The number of rotatable bonds is 5. The summed E-state index contributed by atoms with van der Waals surface area (Å²) in [7, 11) is 0. The van der Waals surface area contributed by atoms with Crippen LogP contribution in [0.4, 0.5) is 10.1 Å². The normalized spacial score (nSPS) is 10.2. The third-order valence-electron chi connectivity index (χ3n) is 3.02. The molecule has 0 heterocycles. The second-order valence-electron chi connectivity index (χ2n) is 4.61. The molecule has 0 spiro atoms. The number of halogens is 1. The first kappa shape index (κ1) is 15.0. The van der Waals surface area contributed by atoms with E-state index in [-0.39, 0.29) is 24.9 Å². The van der Waals surface area contributed by atoms with Gasteiger partial charge in [0, 0.05) is 17.8 Å². The highest BCUT2D eigenvalue weighted by Crippen LogP contribution is 2.19. The Morgan fingerprint density at radius 1 is 1.29 bits per heavy atom. The first-order chi connectivity index (χ1) is 10.1. The Morgan fingerprint density at radius 3 is 2.76 bits per heavy atom. The van der Waals surface area contributed by atoms with E-state index in [1.54, 1.807) is 0 Å². The number of aryl methyl sites for hydroxylation is 1. The van der Waals surface area contributed by atoms with Crippen LogP contribution in [0.3, 0.4) is 0 Å². The molecule has 2 aromatic rings. The number of anilines is 1. The zero-order valence-corrected chi connectivity index (χ0v) is 11.7. The summed E-state index contributed by atoms with van der Waals surface area (Å²) >= 11 is 0. The van der Waals surface area contributed by atoms with Crippen molar-refractivity contribution < 1.29 is 13.9 Å². The minimum atomic E-state index is -0.382. The minimum Gasteiger partial charge on any atom is -0.483 e. The van der Waals surface area contributed by atoms with Gasteiger partial charge in [0.2, 0.25) is 0 Å². The van der Waals surface area contributed by atoms with Gasteiger partial charge < -0.3 is 15.8 Å². The van der Waals surface area contributed by atoms with Crippen molar-refractivity contribution in [1.82, 2.24) is 0 Å². The lowest BCUT2D eigenvalue weighted by Gasteiger charge is -2.11. The van der Waals surface area contributed by atoms with Crippen molar-refractivity contribution in [3.63, 3.8) is 0 Å². The number of amides is 1. The molecular formula is C16H17FN2O2. The number of para-hydroxylation sites is 1. The maximum Gasteiger partial charge on any atom is 0.262 e. The fourth-order valence-electron chi connectivity index (χ4n) is 1.89. The summed E-state index contributed by atoms with van der Waals surface area (Å²) in [6.07, 6.45) is 0. The summed E-state index contributed by atoms with van der Waals surface area (Å²) in [4.78, 5) is 11.9. The maximum atomic E-state index is 13.1. The van der Waals surface area contributed by atoms with Crippen molar-refractivity contribution in [2.45, 2.75) is 13.5 Å². The minimum absolute atomic E-state index is 0.145. The van der Waals surface area contributed by atoms with Gasteiger partial charge in [-0.25, -0.2) is 4.39 Å². The summed E-state index contributed by atoms with van der Waals surface area (Å²) in [5, 5.41) is 2.76. The van der Waals surface area contributed by atoms with Crippen molar-refractivity contribution in [2.75, 3.05) is 11.9 Å². The second-order valence-corrected chi connectivity index (χ2v) is 4.61. The summed E-state index contributed by atoms with van der Waals surface area (Å²) in [6.45, 7) is 1.89. The molecule has 21 heavy (non-hydrogen) atoms. The van der Waals surface area contributed by atoms with Gasteiger partial charge in [0.25, 0.3) is 5.91 Å². The fraction of sp³-hybridized carbons (Fsp3) is 0.188. The summed E-state index contributed by atoms with van der Waals surface area (Å²) in [5.74, 6) is -0.248. The number of nitrogens with one attached hydrogen (secondary N) is 1. The summed E-state index contributed by atoms with van der Waals surface area (Å²) in [5.41, 5.74) is 7.76. The van der Waals surface area contributed by atoms with E-state index >= 15 is 0 Å². The van der Waals surface area contributed by atoms with Gasteiger partial charge in [-0.15, -0.1) is 0 Å². The van der Waals surface area contributed by atoms with Crippen LogP contribution in [-0.4, -0.2) is 12.5 Å². The SMILES string of the molecule is Cc1ccccc1NC(=O)COc1ccc(F)cc1CN. The van der Waals surface area contributed by atoms with Gasteiger partial charge in [-0.2, -0.15) is 0 Å². The zero-order chi connectivity index (χ0) is 15.2. The van der Waals surface area contributed by atoms with E-state index in [2.05, 4.69) is 5.32 Å². The van der Waals surface area contributed by atoms with Gasteiger partial charge in [-0.1, -0.05) is 18.2 Å². The quantitative estimate of drug-likeness (QED) is 0.889. The lowest BCUT2D eigenvalue weighted by molar-refractivity contribution is -0.118. The van der Waals surface area contributed by atoms with Crippen molar-refractivity contribution in [3.8, 4) is 5.75 Å². The number of carbonyl (C=O) groups is 1. The van der Waals surface area contributed by atoms with E-state index in [0.29, 0.717) is 11.3 Å². The van der Waals surface area contributed by atoms with Crippen molar-refractivity contribution in [2.24, 2.45) is 5.73 Å². The largest absolute Gasteiger partial charge is 0.483 e. The lowest BCUT2D eigenvalue weighted by Crippen LogP contribution is -2.21. The van der Waals surface area contributed by atoms with Gasteiger partial charge in [0.1, 0.15) is 11.6 Å². The molecule has 110 valence electrons. The molecular weight excluding hydrogens is 271 g/mol. The van der Waals surface area contributed by atoms with Gasteiger partial charge in [0.15, 0.2) is 6.61 Å². The van der Waals surface area contributed by atoms with Crippen LogP contribution in [0.2, 0.25) is 0 Å². The van der Waals surface area contributed by atoms with Crippen LogP contribution in [0.1, 0.15) is 11.1 Å². The van der Waals surface area contributed by atoms with E-state index in [9.17, 15) is 9.18 Å². The molecule has 0 fully saturated rings. The monoisotopic (exact) mass is 288 g/mol. The molecule has 5 heteroatoms. The molecule has 3 N–H and O–H groups in total. The van der Waals surface area contributed by atoms with Crippen LogP contribution in [0.5, 0.6) is 5.75 Å². The average molecular weight is 288 g/mol. The number of hydrogen-bond donors (Lipinski definition) is 2. The smallest absolute Gasteiger partial charge is 0.262 e. The standard InChI is InChI=1S/C16H17FN2O2/c1-11-4-2-3-5-14(11)19-16(20)10-21-15-7-6-13(17)8-12(15)9-18/h2-8H,9-10,18H2,1H3,(H,19,20). The van der Waals surface area contributed by atoms with Gasteiger partial charge in [-0.05, 0) is 36.8 Å². The molecule has 0 bridgehead atoms. The third-order valence-corrected chi connectivity index (χ3v) is 3.02. The van der Waals surface area contributed by atoms with Crippen LogP contribution < -0.4 is 15.8 Å². The Balaban J connectivity index is 1.97. The van der Waals surface area contributed by atoms with Crippen LogP contribution >= 0.6 is 0 Å². The van der Waals surface area contributed by atoms with E-state index in [0.717, 1.165) is 11.3 Å². The molecule has 0 aliphatic rings. The molecule has 0 radical (unpaired) electrons. The maximum absolute atomic E-state index is 13.1. The fourth-order valence-corrected chi connectivity index (χ4v) is 1.89. The highest BCUT2D eigenvalue weighted by Gasteiger charge is 2.08. The molecule has 0 aliphatic carbocycles. The van der Waals surface area contributed by atoms with E-state index in [1.165, 1.54) is 18.2 Å². The van der Waals surface area contributed by atoms with Crippen LogP contribution in [-0.2, 0) is 11.3 Å². The average Bonchev–Trinajstić information content (AvgIpc) is 2.48. The molecule has 2 aromatic carbocycles. The number of ether oxygens (including phenoxy) is 1. The number of hydrogen-bond acceptors (Lipinski definition) is 3. The molecule has 0 saturated carbocycles. The van der Waals surface area contributed by atoms with Crippen molar-refractivity contribution in [1.29, 1.82) is 0 Å². The Bertz CT molecular complexity index is 644. The molecule has 0 unspecified atom stereocenters. The first-order valence-electron chi connectivity index (χ1n) is 6.57. The van der Waals surface area contributed by atoms with E-state index in [4.69, 9.17) is 10.5 Å². The third kappa shape index (κ3) is 4.03. The highest BCUT2D eigenvalue weighted by atomic mass is 19.1. The summed E-state index contributed by atoms with van der Waals surface area (Å²) < 4.78 is 18.5. The molecule has 2 rings (SSSR count). The zero-order valence-electron chi connectivity index (χ0n) is 11.7. The molecule has 4 nitrogen and oxygen atoms in total. The molecule has 0 aliphatic heterocycles. The topological polar surface area (TPSA) is 64.3 Å². The highest BCUT2D eigenvalue weighted by molar-refractivity contribution is 5.92. The van der Waals surface area contributed by atoms with Crippen molar-refractivity contribution in [3.05, 3.63) is 59.4 Å². The molecule has 0 atom stereocenters. The second kappa shape index (κ2) is 6.85. The molecule has 0 saturated heterocycles. The van der Waals surface area contributed by atoms with E-state index in [1.807, 2.05) is 31.2 Å². The van der Waals surface area contributed by atoms with Gasteiger partial charge in [0.05, 0.1) is 0 Å². The van der Waals surface area contributed by atoms with Crippen LogP contribution in [0, 0.1) is 12.7 Å². The predicted molar refractivity (Wildman–Crippen MR) is 79.6 cm³/mol.